The van der Waals surface area contributed by atoms with E-state index in [-0.39, 0.29) is 24.0 Å². The van der Waals surface area contributed by atoms with Crippen LogP contribution in [0, 0.1) is 5.92 Å². The number of aromatic nitrogens is 2. The third-order valence-corrected chi connectivity index (χ3v) is 4.37. The normalized spacial score (nSPS) is 14.0. The molecule has 26 heavy (non-hydrogen) atoms. The van der Waals surface area contributed by atoms with Crippen molar-refractivity contribution in [1.29, 1.82) is 0 Å². The van der Waals surface area contributed by atoms with Gasteiger partial charge < -0.3 is 15.0 Å². The summed E-state index contributed by atoms with van der Waals surface area (Å²) in [7, 11) is 3.85. The fourth-order valence-electron chi connectivity index (χ4n) is 2.70. The van der Waals surface area contributed by atoms with Crippen molar-refractivity contribution in [2.75, 3.05) is 33.9 Å². The predicted octanol–water partition coefficient (Wildman–Crippen LogP) is 2.92. The first kappa shape index (κ1) is 20.7. The molecule has 0 saturated heterocycles. The minimum absolute atomic E-state index is 0. The van der Waals surface area contributed by atoms with Crippen molar-refractivity contribution in [3.8, 4) is 5.69 Å². The number of hydrogen-bond donors (Lipinski definition) is 1. The molecule has 6 nitrogen and oxygen atoms in total. The largest absolute Gasteiger partial charge is 0.379 e. The number of aliphatic imine (C=N–C) groups is 1. The second-order valence-corrected chi connectivity index (χ2v) is 6.42. The zero-order valence-electron chi connectivity index (χ0n) is 15.5. The number of ether oxygens (including phenoxy) is 1. The maximum absolute atomic E-state index is 5.72. The van der Waals surface area contributed by atoms with Crippen molar-refractivity contribution in [1.82, 2.24) is 20.0 Å². The van der Waals surface area contributed by atoms with Crippen molar-refractivity contribution < 1.29 is 4.74 Å². The standard InChI is InChI=1S/C19H27N5O.HI/c1-20-19(23(2)12-13-25-15-16-8-9-16)21-14-17-6-3-4-7-18(17)24-11-5-10-22-24;/h3-7,10-11,16H,8-9,12-15H2,1-2H3,(H,20,21);1H. The maximum atomic E-state index is 5.72. The van der Waals surface area contributed by atoms with Gasteiger partial charge in [0.25, 0.3) is 0 Å². The molecule has 7 heteroatoms. The Kier molecular flexibility index (Phi) is 8.37. The SMILES string of the molecule is CN=C(NCc1ccccc1-n1cccn1)N(C)CCOCC1CC1.I. The molecular formula is C19H28IN5O. The molecule has 1 heterocycles. The number of hydrogen-bond acceptors (Lipinski definition) is 3. The van der Waals surface area contributed by atoms with Gasteiger partial charge >= 0.3 is 0 Å². The van der Waals surface area contributed by atoms with Crippen molar-refractivity contribution in [2.24, 2.45) is 10.9 Å². The van der Waals surface area contributed by atoms with E-state index in [0.29, 0.717) is 6.54 Å². The quantitative estimate of drug-likeness (QED) is 0.280. The van der Waals surface area contributed by atoms with E-state index in [0.717, 1.165) is 37.3 Å². The molecule has 1 aromatic heterocycles. The molecule has 1 aliphatic carbocycles. The summed E-state index contributed by atoms with van der Waals surface area (Å²) in [5, 5.41) is 7.76. The number of para-hydroxylation sites is 1. The Balaban J connectivity index is 0.00000243. The average Bonchev–Trinajstić information content (AvgIpc) is 3.30. The van der Waals surface area contributed by atoms with Crippen LogP contribution >= 0.6 is 24.0 Å². The molecule has 0 bridgehead atoms. The lowest BCUT2D eigenvalue weighted by molar-refractivity contribution is 0.115. The van der Waals surface area contributed by atoms with Gasteiger partial charge in [-0.3, -0.25) is 4.99 Å². The van der Waals surface area contributed by atoms with Gasteiger partial charge in [0.15, 0.2) is 5.96 Å². The van der Waals surface area contributed by atoms with Crippen LogP contribution in [-0.2, 0) is 11.3 Å². The number of halogens is 1. The minimum Gasteiger partial charge on any atom is -0.379 e. The summed E-state index contributed by atoms with van der Waals surface area (Å²) in [6.45, 7) is 3.15. The van der Waals surface area contributed by atoms with Crippen LogP contribution in [-0.4, -0.2) is 54.5 Å². The Morgan fingerprint density at radius 1 is 1.35 bits per heavy atom. The second-order valence-electron chi connectivity index (χ2n) is 6.42. The maximum Gasteiger partial charge on any atom is 0.193 e. The summed E-state index contributed by atoms with van der Waals surface area (Å²) in [4.78, 5) is 6.48. The van der Waals surface area contributed by atoms with Crippen molar-refractivity contribution in [3.05, 3.63) is 48.3 Å². The Labute approximate surface area is 172 Å². The fraction of sp³-hybridized carbons (Fsp3) is 0.474. The summed E-state index contributed by atoms with van der Waals surface area (Å²) in [6.07, 6.45) is 6.40. The average molecular weight is 469 g/mol. The third kappa shape index (κ3) is 5.98. The van der Waals surface area contributed by atoms with Crippen LogP contribution in [0.3, 0.4) is 0 Å². The lowest BCUT2D eigenvalue weighted by atomic mass is 10.2. The smallest absolute Gasteiger partial charge is 0.193 e. The summed E-state index contributed by atoms with van der Waals surface area (Å²) >= 11 is 0. The Morgan fingerprint density at radius 2 is 2.15 bits per heavy atom. The molecule has 0 spiro atoms. The number of likely N-dealkylation sites (N-methyl/N-ethyl adjacent to an activating group) is 1. The second kappa shape index (κ2) is 10.5. The Bertz CT molecular complexity index is 685. The van der Waals surface area contributed by atoms with E-state index >= 15 is 0 Å². The minimum atomic E-state index is 0. The van der Waals surface area contributed by atoms with Crippen LogP contribution in [0.4, 0.5) is 0 Å². The van der Waals surface area contributed by atoms with Gasteiger partial charge in [0.05, 0.1) is 12.3 Å². The zero-order chi connectivity index (χ0) is 17.5. The van der Waals surface area contributed by atoms with Gasteiger partial charge in [-0.1, -0.05) is 18.2 Å². The highest BCUT2D eigenvalue weighted by Crippen LogP contribution is 2.28. The first-order valence-electron chi connectivity index (χ1n) is 8.85. The summed E-state index contributed by atoms with van der Waals surface area (Å²) in [6, 6.07) is 10.2. The van der Waals surface area contributed by atoms with Gasteiger partial charge in [-0.2, -0.15) is 5.10 Å². The molecule has 1 fully saturated rings. The number of nitrogens with one attached hydrogen (secondary N) is 1. The molecule has 0 amide bonds. The number of guanidine groups is 1. The van der Waals surface area contributed by atoms with Crippen LogP contribution in [0.25, 0.3) is 5.69 Å². The van der Waals surface area contributed by atoms with Crippen molar-refractivity contribution in [2.45, 2.75) is 19.4 Å². The molecule has 3 rings (SSSR count). The van der Waals surface area contributed by atoms with Gasteiger partial charge in [-0.25, -0.2) is 4.68 Å². The van der Waals surface area contributed by atoms with Gasteiger partial charge in [-0.15, -0.1) is 24.0 Å². The third-order valence-electron chi connectivity index (χ3n) is 4.37. The number of rotatable bonds is 8. The van der Waals surface area contributed by atoms with E-state index < -0.39 is 0 Å². The number of benzene rings is 1. The van der Waals surface area contributed by atoms with E-state index in [1.165, 1.54) is 18.4 Å². The highest BCUT2D eigenvalue weighted by Gasteiger charge is 2.21. The van der Waals surface area contributed by atoms with E-state index in [1.54, 1.807) is 6.20 Å². The molecule has 1 N–H and O–H groups in total. The molecule has 0 atom stereocenters. The number of nitrogens with zero attached hydrogens (tertiary/aromatic N) is 4. The first-order chi connectivity index (χ1) is 12.3. The van der Waals surface area contributed by atoms with Gasteiger partial charge in [0.2, 0.25) is 0 Å². The van der Waals surface area contributed by atoms with Crippen LogP contribution in [0.1, 0.15) is 18.4 Å². The highest BCUT2D eigenvalue weighted by atomic mass is 127. The monoisotopic (exact) mass is 469 g/mol. The van der Waals surface area contributed by atoms with Crippen LogP contribution in [0.15, 0.2) is 47.7 Å². The lowest BCUT2D eigenvalue weighted by Gasteiger charge is -2.22. The van der Waals surface area contributed by atoms with Crippen LogP contribution in [0.5, 0.6) is 0 Å². The molecule has 142 valence electrons. The van der Waals surface area contributed by atoms with Crippen LogP contribution in [0.2, 0.25) is 0 Å². The van der Waals surface area contributed by atoms with Gasteiger partial charge in [-0.05, 0) is 36.5 Å². The predicted molar refractivity (Wildman–Crippen MR) is 115 cm³/mol. The van der Waals surface area contributed by atoms with Crippen LogP contribution < -0.4 is 5.32 Å². The van der Waals surface area contributed by atoms with Gasteiger partial charge in [0, 0.05) is 46.2 Å². The molecule has 0 aliphatic heterocycles. The molecule has 1 saturated carbocycles. The van der Waals surface area contributed by atoms with E-state index in [2.05, 4.69) is 32.4 Å². The van der Waals surface area contributed by atoms with Crippen molar-refractivity contribution in [3.63, 3.8) is 0 Å². The van der Waals surface area contributed by atoms with E-state index in [1.807, 2.05) is 43.2 Å². The van der Waals surface area contributed by atoms with Crippen molar-refractivity contribution >= 4 is 29.9 Å². The summed E-state index contributed by atoms with van der Waals surface area (Å²) in [5.74, 6) is 1.67. The van der Waals surface area contributed by atoms with E-state index in [4.69, 9.17) is 4.74 Å². The topological polar surface area (TPSA) is 54.7 Å². The summed E-state index contributed by atoms with van der Waals surface area (Å²) < 4.78 is 7.60. The fourth-order valence-corrected chi connectivity index (χ4v) is 2.70. The zero-order valence-corrected chi connectivity index (χ0v) is 17.8. The van der Waals surface area contributed by atoms with Gasteiger partial charge in [0.1, 0.15) is 0 Å². The molecule has 1 aromatic carbocycles. The highest BCUT2D eigenvalue weighted by molar-refractivity contribution is 14.0. The Morgan fingerprint density at radius 3 is 2.85 bits per heavy atom. The lowest BCUT2D eigenvalue weighted by Crippen LogP contribution is -2.40. The molecule has 0 radical (unpaired) electrons. The molecular weight excluding hydrogens is 441 g/mol. The Hall–Kier alpha value is -1.61. The van der Waals surface area contributed by atoms with E-state index in [9.17, 15) is 0 Å². The molecule has 1 aliphatic rings. The summed E-state index contributed by atoms with van der Waals surface area (Å²) in [5.41, 5.74) is 2.25. The molecule has 0 unspecified atom stereocenters. The first-order valence-corrected chi connectivity index (χ1v) is 8.85. The molecule has 2 aromatic rings.